The maximum atomic E-state index is 8.92. The first-order chi connectivity index (χ1) is 4.68. The number of aliphatic hydroxyl groups is 1. The van der Waals surface area contributed by atoms with Crippen LogP contribution in [0.15, 0.2) is 0 Å². The van der Waals surface area contributed by atoms with Crippen molar-refractivity contribution in [1.29, 1.82) is 0 Å². The first-order valence-corrected chi connectivity index (χ1v) is 4.72. The van der Waals surface area contributed by atoms with Gasteiger partial charge in [0.25, 0.3) is 0 Å². The highest BCUT2D eigenvalue weighted by molar-refractivity contribution is 7.99. The van der Waals surface area contributed by atoms with Crippen LogP contribution in [-0.4, -0.2) is 29.8 Å². The summed E-state index contributed by atoms with van der Waals surface area (Å²) >= 11 is 1.82. The lowest BCUT2D eigenvalue weighted by molar-refractivity contribution is 0.171. The molecule has 0 aliphatic heterocycles. The Morgan fingerprint density at radius 2 is 2.20 bits per heavy atom. The van der Waals surface area contributed by atoms with Crippen molar-refractivity contribution in [1.82, 2.24) is 0 Å². The highest BCUT2D eigenvalue weighted by Gasteiger charge is 2.20. The van der Waals surface area contributed by atoms with Crippen LogP contribution in [0, 0.1) is 5.41 Å². The van der Waals surface area contributed by atoms with Crippen molar-refractivity contribution in [3.63, 3.8) is 0 Å². The highest BCUT2D eigenvalue weighted by atomic mass is 32.2. The molecule has 0 aliphatic carbocycles. The summed E-state index contributed by atoms with van der Waals surface area (Å²) in [6.45, 7) is 4.88. The molecule has 0 aromatic heterocycles. The minimum atomic E-state index is -0.0688. The van der Waals surface area contributed by atoms with Gasteiger partial charge >= 0.3 is 0 Å². The van der Waals surface area contributed by atoms with Crippen LogP contribution in [-0.2, 0) is 0 Å². The van der Waals surface area contributed by atoms with Gasteiger partial charge in [-0.3, -0.25) is 0 Å². The van der Waals surface area contributed by atoms with Gasteiger partial charge < -0.3 is 10.8 Å². The van der Waals surface area contributed by atoms with Crippen molar-refractivity contribution in [2.24, 2.45) is 11.1 Å². The van der Waals surface area contributed by atoms with Crippen molar-refractivity contribution >= 4 is 11.8 Å². The predicted octanol–water partition coefficient (Wildman–Crippen LogP) is 0.697. The molecule has 0 aromatic rings. The van der Waals surface area contributed by atoms with E-state index in [0.29, 0.717) is 6.54 Å². The molecule has 0 bridgehead atoms. The number of aliphatic hydroxyl groups excluding tert-OH is 1. The van der Waals surface area contributed by atoms with Gasteiger partial charge in [-0.25, -0.2) is 0 Å². The smallest absolute Gasteiger partial charge is 0.0504 e. The van der Waals surface area contributed by atoms with Crippen LogP contribution in [0.2, 0.25) is 0 Å². The normalized spacial score (nSPS) is 16.8. The molecule has 3 N–H and O–H groups in total. The van der Waals surface area contributed by atoms with Crippen LogP contribution in [0.5, 0.6) is 0 Å². The largest absolute Gasteiger partial charge is 0.396 e. The third-order valence-electron chi connectivity index (χ3n) is 1.53. The molecule has 0 aromatic carbocycles. The van der Waals surface area contributed by atoms with E-state index in [2.05, 4.69) is 6.92 Å². The Balaban J connectivity index is 3.58. The molecule has 3 heteroatoms. The van der Waals surface area contributed by atoms with E-state index in [1.807, 2.05) is 18.7 Å². The number of hydrogen-bond donors (Lipinski definition) is 2. The summed E-state index contributed by atoms with van der Waals surface area (Å²) < 4.78 is 0. The Morgan fingerprint density at radius 3 is 2.50 bits per heavy atom. The lowest BCUT2D eigenvalue weighted by Crippen LogP contribution is -2.33. The molecule has 0 saturated carbocycles. The zero-order valence-corrected chi connectivity index (χ0v) is 7.58. The van der Waals surface area contributed by atoms with Gasteiger partial charge in [-0.1, -0.05) is 13.8 Å². The van der Waals surface area contributed by atoms with Gasteiger partial charge in [-0.15, -0.1) is 0 Å². The fourth-order valence-corrected chi connectivity index (χ4v) is 1.42. The molecule has 0 saturated heterocycles. The van der Waals surface area contributed by atoms with E-state index < -0.39 is 0 Å². The molecule has 2 nitrogen and oxygen atoms in total. The summed E-state index contributed by atoms with van der Waals surface area (Å²) in [5.74, 6) is 2.05. The molecule has 10 heavy (non-hydrogen) atoms. The monoisotopic (exact) mass is 163 g/mol. The molecular weight excluding hydrogens is 146 g/mol. The number of nitrogens with two attached hydrogens (primary N) is 1. The SMILES string of the molecule is CCSCC(C)(CN)CO. The molecule has 0 heterocycles. The van der Waals surface area contributed by atoms with Crippen molar-refractivity contribution in [2.75, 3.05) is 24.7 Å². The quantitative estimate of drug-likeness (QED) is 0.627. The number of rotatable bonds is 5. The average Bonchev–Trinajstić information content (AvgIpc) is 2.00. The van der Waals surface area contributed by atoms with E-state index in [1.165, 1.54) is 0 Å². The Morgan fingerprint density at radius 1 is 1.60 bits per heavy atom. The van der Waals surface area contributed by atoms with Crippen LogP contribution < -0.4 is 5.73 Å². The second kappa shape index (κ2) is 4.99. The fraction of sp³-hybridized carbons (Fsp3) is 1.00. The summed E-state index contributed by atoms with van der Waals surface area (Å²) in [6, 6.07) is 0. The Hall–Kier alpha value is 0.270. The standard InChI is InChI=1S/C7H17NOS/c1-3-10-6-7(2,4-8)5-9/h9H,3-6,8H2,1-2H3. The Kier molecular flexibility index (Phi) is 5.13. The van der Waals surface area contributed by atoms with Crippen LogP contribution in [0.3, 0.4) is 0 Å². The van der Waals surface area contributed by atoms with Crippen molar-refractivity contribution in [2.45, 2.75) is 13.8 Å². The van der Waals surface area contributed by atoms with Crippen molar-refractivity contribution < 1.29 is 5.11 Å². The molecule has 0 spiro atoms. The Bertz CT molecular complexity index is 83.7. The number of hydrogen-bond acceptors (Lipinski definition) is 3. The minimum absolute atomic E-state index is 0.0688. The van der Waals surface area contributed by atoms with E-state index in [4.69, 9.17) is 10.8 Å². The van der Waals surface area contributed by atoms with E-state index in [9.17, 15) is 0 Å². The van der Waals surface area contributed by atoms with Crippen LogP contribution in [0.25, 0.3) is 0 Å². The van der Waals surface area contributed by atoms with Gasteiger partial charge in [-0.05, 0) is 5.75 Å². The molecular formula is C7H17NOS. The van der Waals surface area contributed by atoms with Gasteiger partial charge in [0.15, 0.2) is 0 Å². The molecule has 0 radical (unpaired) electrons. The zero-order chi connectivity index (χ0) is 8.04. The van der Waals surface area contributed by atoms with E-state index in [0.717, 1.165) is 11.5 Å². The van der Waals surface area contributed by atoms with Crippen molar-refractivity contribution in [3.05, 3.63) is 0 Å². The van der Waals surface area contributed by atoms with Crippen LogP contribution in [0.4, 0.5) is 0 Å². The molecule has 1 unspecified atom stereocenters. The summed E-state index contributed by atoms with van der Waals surface area (Å²) in [5.41, 5.74) is 5.42. The summed E-state index contributed by atoms with van der Waals surface area (Å²) in [6.07, 6.45) is 0. The van der Waals surface area contributed by atoms with Crippen LogP contribution >= 0.6 is 11.8 Å². The fourth-order valence-electron chi connectivity index (χ4n) is 0.518. The second-order valence-electron chi connectivity index (χ2n) is 2.81. The van der Waals surface area contributed by atoms with E-state index >= 15 is 0 Å². The molecule has 0 amide bonds. The van der Waals surface area contributed by atoms with Gasteiger partial charge in [0.2, 0.25) is 0 Å². The predicted molar refractivity (Wildman–Crippen MR) is 47.2 cm³/mol. The Labute approximate surface area is 67.2 Å². The van der Waals surface area contributed by atoms with Crippen molar-refractivity contribution in [3.8, 4) is 0 Å². The summed E-state index contributed by atoms with van der Waals surface area (Å²) in [7, 11) is 0. The van der Waals surface area contributed by atoms with Gasteiger partial charge in [-0.2, -0.15) is 11.8 Å². The lowest BCUT2D eigenvalue weighted by atomic mass is 9.95. The first kappa shape index (κ1) is 10.3. The maximum Gasteiger partial charge on any atom is 0.0504 e. The molecule has 62 valence electrons. The van der Waals surface area contributed by atoms with Gasteiger partial charge in [0.1, 0.15) is 0 Å². The molecule has 0 aliphatic rings. The lowest BCUT2D eigenvalue weighted by Gasteiger charge is -2.24. The third-order valence-corrected chi connectivity index (χ3v) is 2.84. The number of thioether (sulfide) groups is 1. The highest BCUT2D eigenvalue weighted by Crippen LogP contribution is 2.19. The third kappa shape index (κ3) is 3.44. The second-order valence-corrected chi connectivity index (χ2v) is 4.08. The average molecular weight is 163 g/mol. The maximum absolute atomic E-state index is 8.92. The minimum Gasteiger partial charge on any atom is -0.396 e. The van der Waals surface area contributed by atoms with Crippen LogP contribution in [0.1, 0.15) is 13.8 Å². The summed E-state index contributed by atoms with van der Waals surface area (Å²) in [4.78, 5) is 0. The van der Waals surface area contributed by atoms with E-state index in [1.54, 1.807) is 0 Å². The molecule has 0 rings (SSSR count). The van der Waals surface area contributed by atoms with Gasteiger partial charge in [0.05, 0.1) is 6.61 Å². The van der Waals surface area contributed by atoms with Gasteiger partial charge in [0, 0.05) is 17.7 Å². The topological polar surface area (TPSA) is 46.2 Å². The zero-order valence-electron chi connectivity index (χ0n) is 6.76. The molecule has 1 atom stereocenters. The first-order valence-electron chi connectivity index (χ1n) is 3.57. The summed E-state index contributed by atoms with van der Waals surface area (Å²) in [5, 5.41) is 8.92. The van der Waals surface area contributed by atoms with E-state index in [-0.39, 0.29) is 12.0 Å². The molecule has 0 fully saturated rings.